The third-order valence-electron chi connectivity index (χ3n) is 5.51. The predicted molar refractivity (Wildman–Crippen MR) is 150 cm³/mol. The van der Waals surface area contributed by atoms with Gasteiger partial charge in [-0.25, -0.2) is 4.98 Å². The molecule has 0 unspecified atom stereocenters. The van der Waals surface area contributed by atoms with Gasteiger partial charge in [0.05, 0.1) is 15.9 Å². The number of thioether (sulfide) groups is 2. The van der Waals surface area contributed by atoms with E-state index in [-0.39, 0.29) is 24.8 Å². The van der Waals surface area contributed by atoms with Crippen molar-refractivity contribution in [2.75, 3.05) is 6.54 Å². The van der Waals surface area contributed by atoms with Crippen molar-refractivity contribution in [1.82, 2.24) is 14.5 Å². The zero-order valence-electron chi connectivity index (χ0n) is 18.8. The van der Waals surface area contributed by atoms with Crippen molar-refractivity contribution in [3.8, 4) is 0 Å². The van der Waals surface area contributed by atoms with Crippen LogP contribution in [0.15, 0.2) is 76.1 Å². The van der Waals surface area contributed by atoms with Crippen molar-refractivity contribution in [2.45, 2.75) is 24.3 Å². The number of carbonyl (C=O) groups is 2. The fourth-order valence-corrected chi connectivity index (χ4v) is 6.70. The minimum Gasteiger partial charge on any atom is -0.292 e. The first-order chi connectivity index (χ1) is 17.0. The number of fused-ring (bicyclic) bond motifs is 1. The number of aromatic nitrogens is 2. The molecular formula is C26H21N3O2S4. The Bertz CT molecular complexity index is 1440. The second-order valence-corrected chi connectivity index (χ2v) is 11.6. The van der Waals surface area contributed by atoms with Crippen LogP contribution in [0.3, 0.4) is 0 Å². The minimum atomic E-state index is -0.148. The van der Waals surface area contributed by atoms with Crippen LogP contribution in [-0.2, 0) is 10.5 Å². The molecule has 1 fully saturated rings. The Labute approximate surface area is 221 Å². The van der Waals surface area contributed by atoms with E-state index in [2.05, 4.69) is 31.2 Å². The molecule has 0 atom stereocenters. The molecule has 9 heteroatoms. The molecule has 5 nitrogen and oxygen atoms in total. The van der Waals surface area contributed by atoms with Crippen LogP contribution in [0.1, 0.15) is 27.2 Å². The summed E-state index contributed by atoms with van der Waals surface area (Å²) in [5.74, 6) is 0.450. The molecule has 2 aromatic heterocycles. The summed E-state index contributed by atoms with van der Waals surface area (Å²) in [7, 11) is 0. The number of thiophene rings is 1. The normalized spacial score (nSPS) is 15.0. The molecule has 1 aliphatic heterocycles. The van der Waals surface area contributed by atoms with E-state index in [9.17, 15) is 9.59 Å². The zero-order valence-corrected chi connectivity index (χ0v) is 22.1. The lowest BCUT2D eigenvalue weighted by molar-refractivity contribution is -0.122. The molecule has 0 spiro atoms. The number of rotatable bonds is 7. The molecule has 176 valence electrons. The van der Waals surface area contributed by atoms with Crippen LogP contribution >= 0.6 is 47.1 Å². The molecular weight excluding hydrogens is 515 g/mol. The van der Waals surface area contributed by atoms with Crippen LogP contribution in [0.2, 0.25) is 0 Å². The summed E-state index contributed by atoms with van der Waals surface area (Å²) in [5, 5.41) is 2.62. The summed E-state index contributed by atoms with van der Waals surface area (Å²) < 4.78 is 2.16. The van der Waals surface area contributed by atoms with Gasteiger partial charge in [-0.3, -0.25) is 19.1 Å². The van der Waals surface area contributed by atoms with E-state index in [0.717, 1.165) is 15.9 Å². The summed E-state index contributed by atoms with van der Waals surface area (Å²) in [6.07, 6.45) is 2.01. The van der Waals surface area contributed by atoms with E-state index >= 15 is 0 Å². The van der Waals surface area contributed by atoms with Crippen molar-refractivity contribution in [2.24, 2.45) is 0 Å². The number of hydrogen-bond acceptors (Lipinski definition) is 7. The van der Waals surface area contributed by atoms with Gasteiger partial charge in [-0.05, 0) is 42.1 Å². The van der Waals surface area contributed by atoms with Crippen molar-refractivity contribution in [3.63, 3.8) is 0 Å². The Morgan fingerprint density at radius 3 is 2.69 bits per heavy atom. The lowest BCUT2D eigenvalue weighted by Gasteiger charge is -2.14. The first-order valence-corrected chi connectivity index (χ1v) is 14.1. The maximum absolute atomic E-state index is 13.4. The molecule has 0 aliphatic carbocycles. The van der Waals surface area contributed by atoms with Gasteiger partial charge in [0.1, 0.15) is 4.32 Å². The van der Waals surface area contributed by atoms with Crippen LogP contribution in [0.4, 0.5) is 0 Å². The van der Waals surface area contributed by atoms with Crippen LogP contribution in [0.25, 0.3) is 17.1 Å². The molecule has 0 N–H and O–H groups in total. The zero-order chi connectivity index (χ0) is 24.4. The summed E-state index contributed by atoms with van der Waals surface area (Å²) in [6, 6.07) is 19.9. The highest BCUT2D eigenvalue weighted by Crippen LogP contribution is 2.34. The number of imidazole rings is 1. The number of hydrogen-bond donors (Lipinski definition) is 0. The van der Waals surface area contributed by atoms with Crippen molar-refractivity contribution in [3.05, 3.63) is 87.0 Å². The third kappa shape index (κ3) is 5.28. The SMILES string of the molecule is Cc1ccc(CSc2nc3ccccc3n2C(=O)CCN2C(=O)C(=Cc3cccs3)SC2=S)cc1. The summed E-state index contributed by atoms with van der Waals surface area (Å²) in [6.45, 7) is 2.30. The highest BCUT2D eigenvalue weighted by atomic mass is 32.2. The molecule has 1 amide bonds. The number of amides is 1. The average Bonchev–Trinajstić information content (AvgIpc) is 3.56. The molecule has 0 saturated carbocycles. The Hall–Kier alpha value is -2.72. The standard InChI is InChI=1S/C26H21N3O2S4/c1-17-8-10-18(11-9-17)16-34-25-27-20-6-2-3-7-21(20)29(25)23(30)12-13-28-24(31)22(35-26(28)32)15-19-5-4-14-33-19/h2-11,14-15H,12-13,16H2,1H3. The lowest BCUT2D eigenvalue weighted by atomic mass is 10.2. The number of carbonyl (C=O) groups excluding carboxylic acids is 2. The number of benzene rings is 2. The largest absolute Gasteiger partial charge is 0.292 e. The Balaban J connectivity index is 1.33. The first kappa shape index (κ1) is 24.0. The second-order valence-electron chi connectivity index (χ2n) is 7.99. The van der Waals surface area contributed by atoms with Gasteiger partial charge in [-0.1, -0.05) is 83.8 Å². The van der Waals surface area contributed by atoms with Crippen molar-refractivity contribution >= 4 is 80.3 Å². The van der Waals surface area contributed by atoms with Crippen molar-refractivity contribution < 1.29 is 9.59 Å². The fourth-order valence-electron chi connectivity index (χ4n) is 3.69. The van der Waals surface area contributed by atoms with Gasteiger partial charge in [0.25, 0.3) is 5.91 Å². The monoisotopic (exact) mass is 535 g/mol. The second kappa shape index (κ2) is 10.5. The highest BCUT2D eigenvalue weighted by Gasteiger charge is 2.32. The molecule has 2 aromatic carbocycles. The van der Waals surface area contributed by atoms with Gasteiger partial charge in [-0.2, -0.15) is 0 Å². The molecule has 4 aromatic rings. The minimum absolute atomic E-state index is 0.110. The van der Waals surface area contributed by atoms with Crippen LogP contribution in [0.5, 0.6) is 0 Å². The van der Waals surface area contributed by atoms with E-state index in [1.807, 2.05) is 47.9 Å². The maximum atomic E-state index is 13.4. The Kier molecular flexibility index (Phi) is 7.19. The molecule has 1 aliphatic rings. The molecule has 0 bridgehead atoms. The number of nitrogens with zero attached hydrogens (tertiary/aromatic N) is 3. The molecule has 1 saturated heterocycles. The van der Waals surface area contributed by atoms with E-state index in [1.165, 1.54) is 39.6 Å². The molecule has 0 radical (unpaired) electrons. The predicted octanol–water partition coefficient (Wildman–Crippen LogP) is 6.63. The fraction of sp³-hybridized carbons (Fsp3) is 0.154. The summed E-state index contributed by atoms with van der Waals surface area (Å²) in [4.78, 5) is 34.2. The topological polar surface area (TPSA) is 55.2 Å². The Morgan fingerprint density at radius 1 is 1.11 bits per heavy atom. The molecule has 5 rings (SSSR count). The van der Waals surface area contributed by atoms with Gasteiger partial charge in [-0.15, -0.1) is 11.3 Å². The maximum Gasteiger partial charge on any atom is 0.266 e. The molecule has 3 heterocycles. The smallest absolute Gasteiger partial charge is 0.266 e. The Morgan fingerprint density at radius 2 is 1.91 bits per heavy atom. The lowest BCUT2D eigenvalue weighted by Crippen LogP contribution is -2.31. The number of thiocarbonyl (C=S) groups is 1. The summed E-state index contributed by atoms with van der Waals surface area (Å²) in [5.41, 5.74) is 3.92. The van der Waals surface area contributed by atoms with E-state index < -0.39 is 0 Å². The third-order valence-corrected chi connectivity index (χ3v) is 8.71. The average molecular weight is 536 g/mol. The first-order valence-electron chi connectivity index (χ1n) is 11.0. The van der Waals surface area contributed by atoms with Gasteiger partial charge in [0, 0.05) is 23.6 Å². The highest BCUT2D eigenvalue weighted by molar-refractivity contribution is 8.26. The van der Waals surface area contributed by atoms with Gasteiger partial charge in [0.2, 0.25) is 5.91 Å². The van der Waals surface area contributed by atoms with Gasteiger partial charge < -0.3 is 0 Å². The van der Waals surface area contributed by atoms with Gasteiger partial charge >= 0.3 is 0 Å². The summed E-state index contributed by atoms with van der Waals surface area (Å²) >= 11 is 9.83. The van der Waals surface area contributed by atoms with E-state index in [1.54, 1.807) is 15.9 Å². The van der Waals surface area contributed by atoms with E-state index in [0.29, 0.717) is 20.1 Å². The van der Waals surface area contributed by atoms with Crippen molar-refractivity contribution in [1.29, 1.82) is 0 Å². The van der Waals surface area contributed by atoms with Crippen LogP contribution in [-0.4, -0.2) is 37.1 Å². The quantitative estimate of drug-likeness (QED) is 0.150. The van der Waals surface area contributed by atoms with E-state index in [4.69, 9.17) is 17.2 Å². The van der Waals surface area contributed by atoms with Crippen LogP contribution < -0.4 is 0 Å². The van der Waals surface area contributed by atoms with Gasteiger partial charge in [0.15, 0.2) is 5.16 Å². The number of para-hydroxylation sites is 2. The van der Waals surface area contributed by atoms with Crippen LogP contribution in [0, 0.1) is 6.92 Å². The number of aryl methyl sites for hydroxylation is 1. The molecule has 35 heavy (non-hydrogen) atoms.